The zero-order valence-electron chi connectivity index (χ0n) is 13.0. The van der Waals surface area contributed by atoms with Crippen molar-refractivity contribution in [2.24, 2.45) is 0 Å². The topological polar surface area (TPSA) is 44.4 Å². The van der Waals surface area contributed by atoms with Crippen LogP contribution in [0.25, 0.3) is 10.9 Å². The minimum atomic E-state index is -0.524. The van der Waals surface area contributed by atoms with E-state index in [0.717, 1.165) is 22.2 Å². The molecular weight excluding hydrogens is 278 g/mol. The molecule has 4 heteroatoms. The summed E-state index contributed by atoms with van der Waals surface area (Å²) in [5, 5.41) is 1.03. The second-order valence-corrected chi connectivity index (χ2v) is 6.28. The van der Waals surface area contributed by atoms with Gasteiger partial charge in [-0.25, -0.2) is 4.79 Å². The molecule has 0 aliphatic heterocycles. The Labute approximate surface area is 129 Å². The van der Waals surface area contributed by atoms with Crippen LogP contribution in [0.1, 0.15) is 32.1 Å². The van der Waals surface area contributed by atoms with Gasteiger partial charge in [-0.15, -0.1) is 0 Å². The van der Waals surface area contributed by atoms with Crippen molar-refractivity contribution in [3.05, 3.63) is 60.2 Å². The fourth-order valence-corrected chi connectivity index (χ4v) is 2.45. The third-order valence-electron chi connectivity index (χ3n) is 3.33. The van der Waals surface area contributed by atoms with Crippen LogP contribution in [-0.4, -0.2) is 16.3 Å². The molecule has 2 aromatic heterocycles. The number of furan rings is 1. The van der Waals surface area contributed by atoms with Crippen molar-refractivity contribution in [3.8, 4) is 0 Å². The van der Waals surface area contributed by atoms with Gasteiger partial charge in [-0.2, -0.15) is 0 Å². The summed E-state index contributed by atoms with van der Waals surface area (Å²) >= 11 is 0. The maximum atomic E-state index is 12.4. The van der Waals surface area contributed by atoms with E-state index in [1.165, 1.54) is 0 Å². The van der Waals surface area contributed by atoms with Gasteiger partial charge in [0.25, 0.3) is 0 Å². The number of rotatable bonds is 2. The molecule has 0 saturated heterocycles. The van der Waals surface area contributed by atoms with Crippen LogP contribution in [0.5, 0.6) is 0 Å². The highest BCUT2D eigenvalue weighted by Gasteiger charge is 2.20. The Balaban J connectivity index is 2.02. The largest absolute Gasteiger partial charge is 0.469 e. The van der Waals surface area contributed by atoms with Gasteiger partial charge in [0.15, 0.2) is 0 Å². The van der Waals surface area contributed by atoms with Gasteiger partial charge in [-0.3, -0.25) is 4.57 Å². The van der Waals surface area contributed by atoms with Crippen LogP contribution in [0.2, 0.25) is 0 Å². The van der Waals surface area contributed by atoms with Crippen LogP contribution in [0.4, 0.5) is 4.79 Å². The summed E-state index contributed by atoms with van der Waals surface area (Å²) in [6, 6.07) is 11.6. The van der Waals surface area contributed by atoms with Crippen molar-refractivity contribution >= 4 is 17.0 Å². The number of hydrogen-bond acceptors (Lipinski definition) is 3. The molecule has 0 amide bonds. The van der Waals surface area contributed by atoms with Gasteiger partial charge in [-0.1, -0.05) is 18.2 Å². The third kappa shape index (κ3) is 2.91. The summed E-state index contributed by atoms with van der Waals surface area (Å²) in [5.41, 5.74) is 1.36. The first-order chi connectivity index (χ1) is 10.4. The highest BCUT2D eigenvalue weighted by Crippen LogP contribution is 2.25. The van der Waals surface area contributed by atoms with Gasteiger partial charge in [-0.05, 0) is 44.5 Å². The minimum absolute atomic E-state index is 0.366. The van der Waals surface area contributed by atoms with Crippen molar-refractivity contribution in [1.29, 1.82) is 0 Å². The molecule has 3 aromatic rings. The van der Waals surface area contributed by atoms with E-state index < -0.39 is 5.60 Å². The van der Waals surface area contributed by atoms with Crippen LogP contribution in [0, 0.1) is 0 Å². The number of hydrogen-bond donors (Lipinski definition) is 0. The Kier molecular flexibility index (Phi) is 3.53. The Hall–Kier alpha value is -2.49. The van der Waals surface area contributed by atoms with Crippen LogP contribution in [0.15, 0.2) is 53.3 Å². The average molecular weight is 297 g/mol. The number of aromatic nitrogens is 1. The van der Waals surface area contributed by atoms with Crippen molar-refractivity contribution in [2.75, 3.05) is 0 Å². The maximum Gasteiger partial charge on any atom is 0.419 e. The molecule has 0 aliphatic rings. The van der Waals surface area contributed by atoms with Gasteiger partial charge in [0, 0.05) is 18.0 Å². The molecule has 0 spiro atoms. The number of carbonyl (C=O) groups excluding carboxylic acids is 1. The van der Waals surface area contributed by atoms with Crippen LogP contribution in [0.3, 0.4) is 0 Å². The monoisotopic (exact) mass is 297 g/mol. The summed E-state index contributed by atoms with van der Waals surface area (Å²) in [7, 11) is 0. The molecule has 4 nitrogen and oxygen atoms in total. The lowest BCUT2D eigenvalue weighted by Crippen LogP contribution is -2.26. The summed E-state index contributed by atoms with van der Waals surface area (Å²) < 4.78 is 12.5. The van der Waals surface area contributed by atoms with E-state index in [1.807, 2.05) is 63.4 Å². The molecule has 114 valence electrons. The Morgan fingerprint density at radius 1 is 1.18 bits per heavy atom. The predicted molar refractivity (Wildman–Crippen MR) is 85.1 cm³/mol. The van der Waals surface area contributed by atoms with E-state index >= 15 is 0 Å². The van der Waals surface area contributed by atoms with E-state index in [-0.39, 0.29) is 6.09 Å². The molecule has 0 atom stereocenters. The molecular formula is C18H19NO3. The smallest absolute Gasteiger partial charge is 0.419 e. The Morgan fingerprint density at radius 2 is 1.95 bits per heavy atom. The van der Waals surface area contributed by atoms with Crippen LogP contribution in [-0.2, 0) is 11.2 Å². The van der Waals surface area contributed by atoms with Gasteiger partial charge in [0.05, 0.1) is 11.8 Å². The number of para-hydroxylation sites is 1. The number of carbonyl (C=O) groups is 1. The number of ether oxygens (including phenoxy) is 1. The highest BCUT2D eigenvalue weighted by atomic mass is 16.6. The summed E-state index contributed by atoms with van der Waals surface area (Å²) in [6.45, 7) is 5.58. The molecule has 0 aliphatic carbocycles. The Morgan fingerprint density at radius 3 is 2.64 bits per heavy atom. The lowest BCUT2D eigenvalue weighted by Gasteiger charge is -2.19. The first-order valence-corrected chi connectivity index (χ1v) is 7.29. The molecule has 0 fully saturated rings. The quantitative estimate of drug-likeness (QED) is 0.694. The minimum Gasteiger partial charge on any atom is -0.469 e. The van der Waals surface area contributed by atoms with Gasteiger partial charge >= 0.3 is 6.09 Å². The van der Waals surface area contributed by atoms with Crippen molar-refractivity contribution < 1.29 is 13.9 Å². The third-order valence-corrected chi connectivity index (χ3v) is 3.33. The standard InChI is InChI=1S/C18H19NO3/c1-18(2,3)22-17(20)19-12-13(11-14-7-6-10-21-14)15-8-4-5-9-16(15)19/h4-10,12H,11H2,1-3H3. The summed E-state index contributed by atoms with van der Waals surface area (Å²) in [4.78, 5) is 12.4. The van der Waals surface area contributed by atoms with Crippen molar-refractivity contribution in [2.45, 2.75) is 32.8 Å². The maximum absolute atomic E-state index is 12.4. The summed E-state index contributed by atoms with van der Waals surface area (Å²) in [5.74, 6) is 0.868. The lowest BCUT2D eigenvalue weighted by molar-refractivity contribution is 0.0544. The SMILES string of the molecule is CC(C)(C)OC(=O)n1cc(Cc2ccco2)c2ccccc21. The Bertz CT molecular complexity index is 791. The van der Waals surface area contributed by atoms with E-state index in [2.05, 4.69) is 0 Å². The molecule has 3 rings (SSSR count). The van der Waals surface area contributed by atoms with E-state index in [1.54, 1.807) is 10.8 Å². The fourth-order valence-electron chi connectivity index (χ4n) is 2.45. The fraction of sp³-hybridized carbons (Fsp3) is 0.278. The average Bonchev–Trinajstić information content (AvgIpc) is 3.06. The summed E-state index contributed by atoms with van der Waals surface area (Å²) in [6.07, 6.45) is 3.77. The van der Waals surface area contributed by atoms with E-state index in [4.69, 9.17) is 9.15 Å². The zero-order chi connectivity index (χ0) is 15.7. The highest BCUT2D eigenvalue weighted by molar-refractivity contribution is 5.92. The molecule has 0 N–H and O–H groups in total. The molecule has 0 bridgehead atoms. The van der Waals surface area contributed by atoms with Crippen LogP contribution >= 0.6 is 0 Å². The van der Waals surface area contributed by atoms with Gasteiger partial charge in [0.2, 0.25) is 0 Å². The zero-order valence-corrected chi connectivity index (χ0v) is 13.0. The molecule has 0 saturated carbocycles. The van der Waals surface area contributed by atoms with Crippen molar-refractivity contribution in [1.82, 2.24) is 4.57 Å². The lowest BCUT2D eigenvalue weighted by atomic mass is 10.1. The molecule has 22 heavy (non-hydrogen) atoms. The number of benzene rings is 1. The molecule has 2 heterocycles. The second kappa shape index (κ2) is 5.37. The van der Waals surface area contributed by atoms with Gasteiger partial charge in [0.1, 0.15) is 11.4 Å². The molecule has 0 radical (unpaired) electrons. The molecule has 0 unspecified atom stereocenters. The normalized spacial score (nSPS) is 11.8. The first-order valence-electron chi connectivity index (χ1n) is 7.29. The second-order valence-electron chi connectivity index (χ2n) is 6.28. The molecule has 1 aromatic carbocycles. The number of fused-ring (bicyclic) bond motifs is 1. The van der Waals surface area contributed by atoms with E-state index in [9.17, 15) is 4.79 Å². The predicted octanol–water partition coefficient (Wildman–Crippen LogP) is 4.61. The van der Waals surface area contributed by atoms with E-state index in [0.29, 0.717) is 6.42 Å². The van der Waals surface area contributed by atoms with Crippen molar-refractivity contribution in [3.63, 3.8) is 0 Å². The first kappa shape index (κ1) is 14.4. The number of nitrogens with zero attached hydrogens (tertiary/aromatic N) is 1. The van der Waals surface area contributed by atoms with Gasteiger partial charge < -0.3 is 9.15 Å². The van der Waals surface area contributed by atoms with Crippen LogP contribution < -0.4 is 0 Å².